The third-order valence-electron chi connectivity index (χ3n) is 3.30. The van der Waals surface area contributed by atoms with E-state index in [-0.39, 0.29) is 19.1 Å². The maximum Gasteiger partial charge on any atom is 0.258 e. The van der Waals surface area contributed by atoms with Crippen molar-refractivity contribution in [2.24, 2.45) is 0 Å². The van der Waals surface area contributed by atoms with E-state index >= 15 is 0 Å². The van der Waals surface area contributed by atoms with E-state index in [0.717, 1.165) is 0 Å². The van der Waals surface area contributed by atoms with Crippen LogP contribution in [0.15, 0.2) is 18.2 Å². The molecule has 116 valence electrons. The summed E-state index contributed by atoms with van der Waals surface area (Å²) in [6.45, 7) is 1.06. The van der Waals surface area contributed by atoms with Crippen molar-refractivity contribution in [3.8, 4) is 5.75 Å². The van der Waals surface area contributed by atoms with Gasteiger partial charge in [-0.1, -0.05) is 23.2 Å². The molecule has 0 atom stereocenters. The van der Waals surface area contributed by atoms with Gasteiger partial charge in [-0.2, -0.15) is 0 Å². The van der Waals surface area contributed by atoms with Gasteiger partial charge in [0.15, 0.2) is 6.61 Å². The molecule has 2 N–H and O–H groups in total. The fraction of sp³-hybridized carbons (Fsp3) is 0.500. The van der Waals surface area contributed by atoms with Gasteiger partial charge in [-0.3, -0.25) is 4.79 Å². The summed E-state index contributed by atoms with van der Waals surface area (Å²) in [7, 11) is 0. The molecule has 1 aliphatic heterocycles. The average molecular weight is 334 g/mol. The predicted molar refractivity (Wildman–Crippen MR) is 80.0 cm³/mol. The highest BCUT2D eigenvalue weighted by Crippen LogP contribution is 2.26. The number of nitrogens with one attached hydrogen (secondary N) is 1. The van der Waals surface area contributed by atoms with Crippen molar-refractivity contribution in [1.82, 2.24) is 5.32 Å². The summed E-state index contributed by atoms with van der Waals surface area (Å²) in [5.41, 5.74) is -0.891. The molecule has 1 fully saturated rings. The van der Waals surface area contributed by atoms with Gasteiger partial charge in [0.25, 0.3) is 5.91 Å². The van der Waals surface area contributed by atoms with Crippen molar-refractivity contribution in [1.29, 1.82) is 0 Å². The van der Waals surface area contributed by atoms with Crippen LogP contribution in [0.1, 0.15) is 12.8 Å². The molecule has 0 aromatic heterocycles. The van der Waals surface area contributed by atoms with E-state index in [1.165, 1.54) is 0 Å². The Kier molecular flexibility index (Phi) is 5.70. The molecule has 1 amide bonds. The van der Waals surface area contributed by atoms with Gasteiger partial charge < -0.3 is 19.9 Å². The van der Waals surface area contributed by atoms with E-state index in [9.17, 15) is 9.90 Å². The second-order valence-corrected chi connectivity index (χ2v) is 5.79. The van der Waals surface area contributed by atoms with Gasteiger partial charge in [0.1, 0.15) is 5.75 Å². The molecule has 1 aromatic rings. The van der Waals surface area contributed by atoms with E-state index in [4.69, 9.17) is 32.7 Å². The van der Waals surface area contributed by atoms with Crippen LogP contribution in [-0.2, 0) is 9.53 Å². The zero-order valence-electron chi connectivity index (χ0n) is 11.4. The van der Waals surface area contributed by atoms with Crippen LogP contribution < -0.4 is 10.1 Å². The topological polar surface area (TPSA) is 67.8 Å². The Morgan fingerprint density at radius 2 is 2.05 bits per heavy atom. The normalized spacial score (nSPS) is 17.3. The largest absolute Gasteiger partial charge is 0.484 e. The molecule has 0 spiro atoms. The summed E-state index contributed by atoms with van der Waals surface area (Å²) in [5, 5.41) is 13.7. The van der Waals surface area contributed by atoms with Gasteiger partial charge in [-0.25, -0.2) is 0 Å². The smallest absolute Gasteiger partial charge is 0.258 e. The number of halogens is 2. The van der Waals surface area contributed by atoms with Gasteiger partial charge in [0, 0.05) is 38.7 Å². The maximum absolute atomic E-state index is 11.7. The molecule has 0 bridgehead atoms. The number of ether oxygens (including phenoxy) is 2. The van der Waals surface area contributed by atoms with E-state index in [1.807, 2.05) is 0 Å². The Hall–Kier alpha value is -1.01. The Morgan fingerprint density at radius 1 is 1.33 bits per heavy atom. The highest BCUT2D eigenvalue weighted by molar-refractivity contribution is 6.42. The lowest BCUT2D eigenvalue weighted by atomic mass is 9.94. The Morgan fingerprint density at radius 3 is 2.71 bits per heavy atom. The van der Waals surface area contributed by atoms with E-state index < -0.39 is 5.60 Å². The number of benzene rings is 1. The first kappa shape index (κ1) is 16.4. The maximum atomic E-state index is 11.7. The lowest BCUT2D eigenvalue weighted by molar-refractivity contribution is -0.125. The van der Waals surface area contributed by atoms with Crippen LogP contribution in [-0.4, -0.2) is 43.0 Å². The van der Waals surface area contributed by atoms with Crippen LogP contribution in [0.2, 0.25) is 10.0 Å². The zero-order chi connectivity index (χ0) is 15.3. The second-order valence-electron chi connectivity index (χ2n) is 4.98. The average Bonchev–Trinajstić information content (AvgIpc) is 2.47. The molecule has 0 radical (unpaired) electrons. The highest BCUT2D eigenvalue weighted by Gasteiger charge is 2.30. The molecule has 1 aromatic carbocycles. The molecular weight excluding hydrogens is 317 g/mol. The third-order valence-corrected chi connectivity index (χ3v) is 4.04. The molecule has 1 heterocycles. The lowest BCUT2D eigenvalue weighted by Crippen LogP contribution is -2.47. The van der Waals surface area contributed by atoms with Crippen LogP contribution >= 0.6 is 23.2 Å². The van der Waals surface area contributed by atoms with Gasteiger partial charge in [0.05, 0.1) is 15.6 Å². The Labute approximate surface area is 133 Å². The summed E-state index contributed by atoms with van der Waals surface area (Å²) < 4.78 is 10.5. The van der Waals surface area contributed by atoms with Crippen LogP contribution in [0.3, 0.4) is 0 Å². The summed E-state index contributed by atoms with van der Waals surface area (Å²) in [6.07, 6.45) is 1.03. The quantitative estimate of drug-likeness (QED) is 0.865. The second kappa shape index (κ2) is 7.31. The van der Waals surface area contributed by atoms with E-state index in [2.05, 4.69) is 5.32 Å². The van der Waals surface area contributed by atoms with Crippen molar-refractivity contribution in [2.75, 3.05) is 26.4 Å². The van der Waals surface area contributed by atoms with Crippen molar-refractivity contribution < 1.29 is 19.4 Å². The highest BCUT2D eigenvalue weighted by atomic mass is 35.5. The minimum atomic E-state index is -0.891. The summed E-state index contributed by atoms with van der Waals surface area (Å²) in [6, 6.07) is 4.78. The Balaban J connectivity index is 1.75. The van der Waals surface area contributed by atoms with Crippen LogP contribution in [0.25, 0.3) is 0 Å². The first-order chi connectivity index (χ1) is 9.98. The molecular formula is C14H17Cl2NO4. The first-order valence-corrected chi connectivity index (χ1v) is 7.39. The zero-order valence-corrected chi connectivity index (χ0v) is 12.9. The fourth-order valence-electron chi connectivity index (χ4n) is 1.96. The van der Waals surface area contributed by atoms with E-state index in [1.54, 1.807) is 18.2 Å². The van der Waals surface area contributed by atoms with Crippen molar-refractivity contribution in [2.45, 2.75) is 18.4 Å². The predicted octanol–water partition coefficient (Wildman–Crippen LogP) is 2.03. The molecule has 1 aliphatic rings. The van der Waals surface area contributed by atoms with Gasteiger partial charge in [0.2, 0.25) is 0 Å². The summed E-state index contributed by atoms with van der Waals surface area (Å²) in [5.74, 6) is 0.158. The standard InChI is InChI=1S/C14H17Cl2NO4/c15-11-2-1-10(7-12(11)16)21-8-13(18)17-9-14(19)3-5-20-6-4-14/h1-2,7,19H,3-6,8-9H2,(H,17,18). The number of carbonyl (C=O) groups is 1. The monoisotopic (exact) mass is 333 g/mol. The SMILES string of the molecule is O=C(COc1ccc(Cl)c(Cl)c1)NCC1(O)CCOCC1. The minimum Gasteiger partial charge on any atom is -0.484 e. The minimum absolute atomic E-state index is 0.148. The van der Waals surface area contributed by atoms with Gasteiger partial charge in [-0.05, 0) is 12.1 Å². The van der Waals surface area contributed by atoms with Crippen molar-refractivity contribution in [3.63, 3.8) is 0 Å². The molecule has 7 heteroatoms. The van der Waals surface area contributed by atoms with Crippen LogP contribution in [0.4, 0.5) is 0 Å². The summed E-state index contributed by atoms with van der Waals surface area (Å²) >= 11 is 11.6. The molecule has 0 unspecified atom stereocenters. The van der Waals surface area contributed by atoms with Crippen molar-refractivity contribution >= 4 is 29.1 Å². The molecule has 1 saturated heterocycles. The first-order valence-electron chi connectivity index (χ1n) is 6.63. The molecule has 2 rings (SSSR count). The molecule has 0 saturated carbocycles. The Bertz CT molecular complexity index is 504. The van der Waals surface area contributed by atoms with Crippen LogP contribution in [0, 0.1) is 0 Å². The lowest BCUT2D eigenvalue weighted by Gasteiger charge is -2.32. The van der Waals surface area contributed by atoms with Gasteiger partial charge >= 0.3 is 0 Å². The van der Waals surface area contributed by atoms with Crippen LogP contribution in [0.5, 0.6) is 5.75 Å². The number of carbonyl (C=O) groups excluding carboxylic acids is 1. The fourth-order valence-corrected chi connectivity index (χ4v) is 2.25. The third kappa shape index (κ3) is 5.04. The molecule has 5 nitrogen and oxygen atoms in total. The molecule has 0 aliphatic carbocycles. The number of amides is 1. The number of aliphatic hydroxyl groups is 1. The number of hydrogen-bond donors (Lipinski definition) is 2. The van der Waals surface area contributed by atoms with Crippen molar-refractivity contribution in [3.05, 3.63) is 28.2 Å². The summed E-state index contributed by atoms with van der Waals surface area (Å²) in [4.78, 5) is 11.7. The molecule has 21 heavy (non-hydrogen) atoms. The van der Waals surface area contributed by atoms with Gasteiger partial charge in [-0.15, -0.1) is 0 Å². The number of hydrogen-bond acceptors (Lipinski definition) is 4. The number of rotatable bonds is 5. The van der Waals surface area contributed by atoms with E-state index in [0.29, 0.717) is 41.9 Å².